The highest BCUT2D eigenvalue weighted by molar-refractivity contribution is 5.96. The van der Waals surface area contributed by atoms with E-state index in [0.29, 0.717) is 11.5 Å². The molecule has 0 saturated carbocycles. The van der Waals surface area contributed by atoms with E-state index in [0.717, 1.165) is 5.69 Å². The molecular formula is C16H19N5O2. The Kier molecular flexibility index (Phi) is 5.62. The number of amides is 2. The summed E-state index contributed by atoms with van der Waals surface area (Å²) < 4.78 is 0. The summed E-state index contributed by atoms with van der Waals surface area (Å²) in [6, 6.07) is 9.51. The molecule has 0 aliphatic carbocycles. The molecule has 0 atom stereocenters. The van der Waals surface area contributed by atoms with Crippen molar-refractivity contribution >= 4 is 23.5 Å². The smallest absolute Gasteiger partial charge is 0.254 e. The first kappa shape index (κ1) is 16.4. The highest BCUT2D eigenvalue weighted by Gasteiger charge is 2.10. The lowest BCUT2D eigenvalue weighted by atomic mass is 10.3. The van der Waals surface area contributed by atoms with E-state index in [1.54, 1.807) is 0 Å². The number of hydrogen-bond donors (Lipinski definition) is 3. The van der Waals surface area contributed by atoms with Crippen LogP contribution in [-0.4, -0.2) is 34.4 Å². The maximum absolute atomic E-state index is 11.9. The summed E-state index contributed by atoms with van der Waals surface area (Å²) in [5, 5.41) is 8.24. The summed E-state index contributed by atoms with van der Waals surface area (Å²) in [4.78, 5) is 31.6. The van der Waals surface area contributed by atoms with Crippen LogP contribution in [0, 0.1) is 0 Å². The van der Waals surface area contributed by atoms with Crippen molar-refractivity contribution < 1.29 is 9.59 Å². The maximum atomic E-state index is 11.9. The summed E-state index contributed by atoms with van der Waals surface area (Å²) in [6.45, 7) is 3.62. The Hall–Kier alpha value is -2.96. The van der Waals surface area contributed by atoms with Gasteiger partial charge < -0.3 is 16.0 Å². The molecule has 1 aromatic heterocycles. The topological polar surface area (TPSA) is 96.0 Å². The standard InChI is InChI=1S/C16H19N5O2/c1-11(2)20-14(22)10-17-15(23)12-8-18-16(19-9-12)21-13-6-4-3-5-7-13/h3-9,11H,10H2,1-2H3,(H,17,23)(H,20,22)(H,18,19,21). The van der Waals surface area contributed by atoms with Gasteiger partial charge in [-0.25, -0.2) is 9.97 Å². The fraction of sp³-hybridized carbons (Fsp3) is 0.250. The van der Waals surface area contributed by atoms with E-state index in [2.05, 4.69) is 25.9 Å². The van der Waals surface area contributed by atoms with Gasteiger partial charge in [0.1, 0.15) is 0 Å². The Morgan fingerprint density at radius 1 is 1.09 bits per heavy atom. The molecule has 0 radical (unpaired) electrons. The number of aromatic nitrogens is 2. The van der Waals surface area contributed by atoms with Gasteiger partial charge >= 0.3 is 0 Å². The number of rotatable bonds is 6. The first-order valence-electron chi connectivity index (χ1n) is 7.26. The van der Waals surface area contributed by atoms with Crippen LogP contribution >= 0.6 is 0 Å². The highest BCUT2D eigenvalue weighted by atomic mass is 16.2. The summed E-state index contributed by atoms with van der Waals surface area (Å²) >= 11 is 0. The summed E-state index contributed by atoms with van der Waals surface area (Å²) in [6.07, 6.45) is 2.82. The van der Waals surface area contributed by atoms with Crippen molar-refractivity contribution in [3.63, 3.8) is 0 Å². The van der Waals surface area contributed by atoms with Crippen LogP contribution in [0.2, 0.25) is 0 Å². The molecule has 1 aromatic carbocycles. The van der Waals surface area contributed by atoms with E-state index in [4.69, 9.17) is 0 Å². The quantitative estimate of drug-likeness (QED) is 0.750. The van der Waals surface area contributed by atoms with Crippen LogP contribution in [0.15, 0.2) is 42.7 Å². The highest BCUT2D eigenvalue weighted by Crippen LogP contribution is 2.11. The zero-order valence-electron chi connectivity index (χ0n) is 13.0. The van der Waals surface area contributed by atoms with Crippen LogP contribution in [0.25, 0.3) is 0 Å². The molecule has 0 spiro atoms. The van der Waals surface area contributed by atoms with E-state index in [1.807, 2.05) is 44.2 Å². The fourth-order valence-corrected chi connectivity index (χ4v) is 1.80. The molecule has 23 heavy (non-hydrogen) atoms. The number of para-hydroxylation sites is 1. The van der Waals surface area contributed by atoms with E-state index in [1.165, 1.54) is 12.4 Å². The molecule has 0 unspecified atom stereocenters. The molecule has 2 rings (SSSR count). The summed E-state index contributed by atoms with van der Waals surface area (Å²) in [5.41, 5.74) is 1.15. The number of anilines is 2. The lowest BCUT2D eigenvalue weighted by Gasteiger charge is -2.09. The largest absolute Gasteiger partial charge is 0.352 e. The third-order valence-corrected chi connectivity index (χ3v) is 2.80. The number of nitrogens with one attached hydrogen (secondary N) is 3. The van der Waals surface area contributed by atoms with Crippen LogP contribution in [0.3, 0.4) is 0 Å². The van der Waals surface area contributed by atoms with Crippen molar-refractivity contribution in [3.8, 4) is 0 Å². The summed E-state index contributed by atoms with van der Waals surface area (Å²) in [5.74, 6) is -0.239. The van der Waals surface area contributed by atoms with Crippen LogP contribution in [0.1, 0.15) is 24.2 Å². The number of nitrogens with zero attached hydrogens (tertiary/aromatic N) is 2. The average Bonchev–Trinajstić information content (AvgIpc) is 2.54. The fourth-order valence-electron chi connectivity index (χ4n) is 1.80. The SMILES string of the molecule is CC(C)NC(=O)CNC(=O)c1cnc(Nc2ccccc2)nc1. The van der Waals surface area contributed by atoms with Crippen molar-refractivity contribution in [1.29, 1.82) is 0 Å². The number of hydrogen-bond acceptors (Lipinski definition) is 5. The van der Waals surface area contributed by atoms with Gasteiger partial charge in [0, 0.05) is 24.1 Å². The van der Waals surface area contributed by atoms with Gasteiger partial charge in [0.15, 0.2) is 0 Å². The molecule has 1 heterocycles. The lowest BCUT2D eigenvalue weighted by Crippen LogP contribution is -2.39. The Morgan fingerprint density at radius 2 is 1.74 bits per heavy atom. The molecule has 120 valence electrons. The first-order chi connectivity index (χ1) is 11.0. The number of carbonyl (C=O) groups excluding carboxylic acids is 2. The molecule has 0 aliphatic heterocycles. The Bertz CT molecular complexity index is 656. The third-order valence-electron chi connectivity index (χ3n) is 2.80. The molecule has 0 fully saturated rings. The van der Waals surface area contributed by atoms with Crippen molar-refractivity contribution in [2.24, 2.45) is 0 Å². The normalized spacial score (nSPS) is 10.2. The molecule has 0 aliphatic rings. The van der Waals surface area contributed by atoms with Gasteiger partial charge in [-0.3, -0.25) is 9.59 Å². The van der Waals surface area contributed by atoms with Crippen LogP contribution in [0.4, 0.5) is 11.6 Å². The second kappa shape index (κ2) is 7.88. The Balaban J connectivity index is 1.89. The average molecular weight is 313 g/mol. The van der Waals surface area contributed by atoms with Crippen LogP contribution in [0.5, 0.6) is 0 Å². The van der Waals surface area contributed by atoms with Gasteiger partial charge in [-0.05, 0) is 26.0 Å². The van der Waals surface area contributed by atoms with Crippen molar-refractivity contribution in [3.05, 3.63) is 48.3 Å². The van der Waals surface area contributed by atoms with E-state index in [9.17, 15) is 9.59 Å². The van der Waals surface area contributed by atoms with Crippen molar-refractivity contribution in [2.75, 3.05) is 11.9 Å². The second-order valence-electron chi connectivity index (χ2n) is 5.19. The van der Waals surface area contributed by atoms with Gasteiger partial charge in [0.25, 0.3) is 5.91 Å². The molecular weight excluding hydrogens is 294 g/mol. The predicted molar refractivity (Wildman–Crippen MR) is 87.4 cm³/mol. The van der Waals surface area contributed by atoms with Crippen molar-refractivity contribution in [2.45, 2.75) is 19.9 Å². The molecule has 3 N–H and O–H groups in total. The number of carbonyl (C=O) groups is 2. The van der Waals surface area contributed by atoms with Gasteiger partial charge in [-0.1, -0.05) is 18.2 Å². The zero-order chi connectivity index (χ0) is 16.7. The number of benzene rings is 1. The van der Waals surface area contributed by atoms with Crippen LogP contribution < -0.4 is 16.0 Å². The van der Waals surface area contributed by atoms with Gasteiger partial charge in [-0.2, -0.15) is 0 Å². The molecule has 0 saturated heterocycles. The minimum absolute atomic E-state index is 0.0334. The molecule has 7 heteroatoms. The zero-order valence-corrected chi connectivity index (χ0v) is 13.0. The molecule has 7 nitrogen and oxygen atoms in total. The third kappa shape index (κ3) is 5.39. The Morgan fingerprint density at radius 3 is 2.35 bits per heavy atom. The molecule has 2 aromatic rings. The lowest BCUT2D eigenvalue weighted by molar-refractivity contribution is -0.120. The molecule has 2 amide bonds. The van der Waals surface area contributed by atoms with Crippen molar-refractivity contribution in [1.82, 2.24) is 20.6 Å². The van der Waals surface area contributed by atoms with E-state index >= 15 is 0 Å². The van der Waals surface area contributed by atoms with Gasteiger partial charge in [0.2, 0.25) is 11.9 Å². The molecule has 0 bridgehead atoms. The first-order valence-corrected chi connectivity index (χ1v) is 7.26. The van der Waals surface area contributed by atoms with Gasteiger partial charge in [0.05, 0.1) is 12.1 Å². The summed E-state index contributed by atoms with van der Waals surface area (Å²) in [7, 11) is 0. The monoisotopic (exact) mass is 313 g/mol. The van der Waals surface area contributed by atoms with E-state index < -0.39 is 5.91 Å². The Labute approximate surface area is 134 Å². The minimum atomic E-state index is -0.393. The van der Waals surface area contributed by atoms with E-state index in [-0.39, 0.29) is 18.5 Å². The minimum Gasteiger partial charge on any atom is -0.352 e. The predicted octanol–water partition coefficient (Wildman–Crippen LogP) is 1.47. The van der Waals surface area contributed by atoms with Crippen LogP contribution in [-0.2, 0) is 4.79 Å². The second-order valence-corrected chi connectivity index (χ2v) is 5.19. The van der Waals surface area contributed by atoms with Gasteiger partial charge in [-0.15, -0.1) is 0 Å². The maximum Gasteiger partial charge on any atom is 0.254 e.